The minimum Gasteiger partial charge on any atom is -0.496 e. The number of ether oxygens (including phenoxy) is 1. The number of nitrogens with zero attached hydrogens (tertiary/aromatic N) is 2. The summed E-state index contributed by atoms with van der Waals surface area (Å²) >= 11 is 1.61. The fraction of sp³-hybridized carbons (Fsp3) is 0.474. The number of aromatic nitrogens is 1. The van der Waals surface area contributed by atoms with Crippen LogP contribution in [0.3, 0.4) is 0 Å². The maximum Gasteiger partial charge on any atom is 0.217 e. The number of hydrogen-bond acceptors (Lipinski definition) is 5. The Morgan fingerprint density at radius 2 is 2.32 bits per heavy atom. The van der Waals surface area contributed by atoms with E-state index in [0.29, 0.717) is 5.92 Å². The minimum atomic E-state index is -0.00188. The molecule has 6 heteroatoms. The Balaban J connectivity index is 1.72. The number of benzene rings is 1. The molecule has 3 rings (SSSR count). The van der Waals surface area contributed by atoms with Crippen molar-refractivity contribution in [1.82, 2.24) is 15.2 Å². The summed E-state index contributed by atoms with van der Waals surface area (Å²) in [5, 5.41) is 6.09. The van der Waals surface area contributed by atoms with Gasteiger partial charge in [0.1, 0.15) is 10.8 Å². The molecule has 1 N–H and O–H groups in total. The highest BCUT2D eigenvalue weighted by Gasteiger charge is 2.30. The molecule has 0 bridgehead atoms. The molecule has 1 aliphatic heterocycles. The predicted molar refractivity (Wildman–Crippen MR) is 99.7 cm³/mol. The van der Waals surface area contributed by atoms with Crippen LogP contribution < -0.4 is 10.1 Å². The van der Waals surface area contributed by atoms with Gasteiger partial charge in [0.25, 0.3) is 0 Å². The number of likely N-dealkylation sites (tertiary alicyclic amines) is 1. The highest BCUT2D eigenvalue weighted by Crippen LogP contribution is 2.32. The van der Waals surface area contributed by atoms with E-state index in [1.54, 1.807) is 25.4 Å². The van der Waals surface area contributed by atoms with E-state index in [0.717, 1.165) is 43.2 Å². The summed E-state index contributed by atoms with van der Waals surface area (Å²) in [4.78, 5) is 18.6. The van der Waals surface area contributed by atoms with E-state index in [1.165, 1.54) is 5.56 Å². The van der Waals surface area contributed by atoms with E-state index in [4.69, 9.17) is 4.74 Å². The van der Waals surface area contributed by atoms with Crippen molar-refractivity contribution in [1.29, 1.82) is 0 Å². The Morgan fingerprint density at radius 3 is 3.04 bits per heavy atom. The number of thiazole rings is 1. The lowest BCUT2D eigenvalue weighted by Gasteiger charge is -2.36. The summed E-state index contributed by atoms with van der Waals surface area (Å²) in [5.74, 6) is 1.31. The Morgan fingerprint density at radius 1 is 1.48 bits per heavy atom. The molecular weight excluding hydrogens is 334 g/mol. The number of carbonyl (C=O) groups is 1. The number of carbonyl (C=O) groups excluding carboxylic acids is 1. The average molecular weight is 359 g/mol. The molecule has 0 aliphatic carbocycles. The van der Waals surface area contributed by atoms with Gasteiger partial charge in [-0.2, -0.15) is 0 Å². The van der Waals surface area contributed by atoms with Crippen LogP contribution in [0, 0.1) is 5.92 Å². The molecule has 2 heterocycles. The zero-order valence-electron chi connectivity index (χ0n) is 14.8. The SMILES string of the molecule is COc1ccccc1CN1CCC[C@@H]([C@@H](NC(C)=O)c2nccs2)C1. The first kappa shape index (κ1) is 17.9. The van der Waals surface area contributed by atoms with Gasteiger partial charge in [0.05, 0.1) is 13.2 Å². The Kier molecular flexibility index (Phi) is 6.04. The summed E-state index contributed by atoms with van der Waals surface area (Å²) in [6, 6.07) is 8.17. The number of methoxy groups -OCH3 is 1. The van der Waals surface area contributed by atoms with Crippen molar-refractivity contribution < 1.29 is 9.53 Å². The maximum atomic E-state index is 11.7. The van der Waals surface area contributed by atoms with Gasteiger partial charge < -0.3 is 10.1 Å². The second kappa shape index (κ2) is 8.45. The van der Waals surface area contributed by atoms with Crippen LogP contribution in [0.25, 0.3) is 0 Å². The Hall–Kier alpha value is -1.92. The summed E-state index contributed by atoms with van der Waals surface area (Å²) in [6.45, 7) is 4.46. The third kappa shape index (κ3) is 4.58. The molecule has 1 fully saturated rings. The highest BCUT2D eigenvalue weighted by molar-refractivity contribution is 7.09. The van der Waals surface area contributed by atoms with Crippen LogP contribution in [0.4, 0.5) is 0 Å². The van der Waals surface area contributed by atoms with Gasteiger partial charge in [-0.15, -0.1) is 11.3 Å². The molecule has 25 heavy (non-hydrogen) atoms. The number of hydrogen-bond donors (Lipinski definition) is 1. The van der Waals surface area contributed by atoms with Crippen molar-refractivity contribution in [3.63, 3.8) is 0 Å². The topological polar surface area (TPSA) is 54.5 Å². The van der Waals surface area contributed by atoms with Gasteiger partial charge in [-0.3, -0.25) is 9.69 Å². The van der Waals surface area contributed by atoms with Gasteiger partial charge in [0, 0.05) is 37.2 Å². The minimum absolute atomic E-state index is 0.00188. The monoisotopic (exact) mass is 359 g/mol. The lowest BCUT2D eigenvalue weighted by Crippen LogP contribution is -2.42. The van der Waals surface area contributed by atoms with Crippen LogP contribution in [0.5, 0.6) is 5.75 Å². The Labute approximate surface area is 153 Å². The summed E-state index contributed by atoms with van der Waals surface area (Å²) < 4.78 is 5.48. The van der Waals surface area contributed by atoms with Crippen LogP contribution in [-0.2, 0) is 11.3 Å². The van der Waals surface area contributed by atoms with Crippen molar-refractivity contribution in [2.45, 2.75) is 32.4 Å². The van der Waals surface area contributed by atoms with Crippen molar-refractivity contribution in [3.05, 3.63) is 46.4 Å². The molecule has 1 saturated heterocycles. The molecule has 1 aromatic carbocycles. The van der Waals surface area contributed by atoms with Crippen molar-refractivity contribution in [2.24, 2.45) is 5.92 Å². The van der Waals surface area contributed by atoms with E-state index >= 15 is 0 Å². The first-order chi connectivity index (χ1) is 12.2. The number of para-hydroxylation sites is 1. The lowest BCUT2D eigenvalue weighted by atomic mass is 9.90. The van der Waals surface area contributed by atoms with E-state index in [2.05, 4.69) is 27.3 Å². The summed E-state index contributed by atoms with van der Waals surface area (Å²) in [6.07, 6.45) is 4.04. The highest BCUT2D eigenvalue weighted by atomic mass is 32.1. The van der Waals surface area contributed by atoms with Crippen molar-refractivity contribution in [2.75, 3.05) is 20.2 Å². The number of piperidine rings is 1. The van der Waals surface area contributed by atoms with Gasteiger partial charge in [-0.1, -0.05) is 18.2 Å². The van der Waals surface area contributed by atoms with E-state index in [9.17, 15) is 4.79 Å². The molecular formula is C19H25N3O2S. The van der Waals surface area contributed by atoms with E-state index < -0.39 is 0 Å². The van der Waals surface area contributed by atoms with Crippen LogP contribution >= 0.6 is 11.3 Å². The Bertz CT molecular complexity index is 690. The van der Waals surface area contributed by atoms with Crippen molar-refractivity contribution in [3.8, 4) is 5.75 Å². The van der Waals surface area contributed by atoms with Crippen LogP contribution in [-0.4, -0.2) is 36.0 Å². The van der Waals surface area contributed by atoms with Gasteiger partial charge in [0.15, 0.2) is 0 Å². The van der Waals surface area contributed by atoms with Crippen LogP contribution in [0.15, 0.2) is 35.8 Å². The zero-order chi connectivity index (χ0) is 17.6. The fourth-order valence-electron chi connectivity index (χ4n) is 3.57. The second-order valence-corrected chi connectivity index (χ2v) is 7.42. The van der Waals surface area contributed by atoms with Crippen LogP contribution in [0.1, 0.15) is 36.4 Å². The zero-order valence-corrected chi connectivity index (χ0v) is 15.6. The van der Waals surface area contributed by atoms with Gasteiger partial charge in [-0.05, 0) is 31.4 Å². The van der Waals surface area contributed by atoms with Crippen molar-refractivity contribution >= 4 is 17.2 Å². The van der Waals surface area contributed by atoms with Gasteiger partial charge in [0.2, 0.25) is 5.91 Å². The molecule has 0 unspecified atom stereocenters. The summed E-state index contributed by atoms with van der Waals surface area (Å²) in [5.41, 5.74) is 1.20. The number of rotatable bonds is 6. The van der Waals surface area contributed by atoms with Crippen LogP contribution in [0.2, 0.25) is 0 Å². The van der Waals surface area contributed by atoms with E-state index in [1.807, 2.05) is 23.7 Å². The average Bonchev–Trinajstić information content (AvgIpc) is 3.14. The molecule has 0 radical (unpaired) electrons. The smallest absolute Gasteiger partial charge is 0.217 e. The molecule has 0 saturated carbocycles. The largest absolute Gasteiger partial charge is 0.496 e. The van der Waals surface area contributed by atoms with Gasteiger partial charge in [-0.25, -0.2) is 4.98 Å². The molecule has 0 spiro atoms. The molecule has 2 aromatic rings. The maximum absolute atomic E-state index is 11.7. The third-order valence-electron chi connectivity index (χ3n) is 4.68. The summed E-state index contributed by atoms with van der Waals surface area (Å²) in [7, 11) is 1.72. The first-order valence-electron chi connectivity index (χ1n) is 8.68. The fourth-order valence-corrected chi connectivity index (χ4v) is 4.35. The number of amides is 1. The quantitative estimate of drug-likeness (QED) is 0.860. The molecule has 2 atom stereocenters. The molecule has 1 aromatic heterocycles. The normalized spacial score (nSPS) is 19.4. The number of nitrogens with one attached hydrogen (secondary N) is 1. The molecule has 1 aliphatic rings. The third-order valence-corrected chi connectivity index (χ3v) is 5.53. The molecule has 134 valence electrons. The second-order valence-electron chi connectivity index (χ2n) is 6.50. The molecule has 5 nitrogen and oxygen atoms in total. The lowest BCUT2D eigenvalue weighted by molar-refractivity contribution is -0.120. The van der Waals surface area contributed by atoms with E-state index in [-0.39, 0.29) is 11.9 Å². The standard InChI is InChI=1S/C19H25N3O2S/c1-14(23)21-18(19-20-9-11-25-19)16-7-5-10-22(13-16)12-15-6-3-4-8-17(15)24-2/h3-4,6,8-9,11,16,18H,5,7,10,12-13H2,1-2H3,(H,21,23)/t16-,18-/m1/s1. The molecule has 1 amide bonds. The van der Waals surface area contributed by atoms with Gasteiger partial charge >= 0.3 is 0 Å². The predicted octanol–water partition coefficient (Wildman–Crippen LogP) is 3.24. The first-order valence-corrected chi connectivity index (χ1v) is 9.56.